The summed E-state index contributed by atoms with van der Waals surface area (Å²) in [5.41, 5.74) is 3.81. The normalized spacial score (nSPS) is 10.9. The number of aryl methyl sites for hydroxylation is 1. The van der Waals surface area contributed by atoms with Crippen LogP contribution in [-0.2, 0) is 6.42 Å². The van der Waals surface area contributed by atoms with Gasteiger partial charge >= 0.3 is 0 Å². The van der Waals surface area contributed by atoms with Crippen LogP contribution >= 0.6 is 11.6 Å². The average Bonchev–Trinajstić information content (AvgIpc) is 2.84. The molecule has 0 atom stereocenters. The van der Waals surface area contributed by atoms with Crippen molar-refractivity contribution in [3.05, 3.63) is 46.9 Å². The Balaban J connectivity index is 1.69. The lowest BCUT2D eigenvalue weighted by Gasteiger charge is -2.06. The standard InChI is InChI=1S/C14H14ClN5/c1-9-12-13(20-19-9)14(18-8-17-12)16-7-6-10-2-4-11(15)5-3-10/h2-5,8H,6-7H2,1H3,(H,19,20)(H,16,17,18). The molecule has 0 radical (unpaired) electrons. The number of rotatable bonds is 4. The average molecular weight is 288 g/mol. The van der Waals surface area contributed by atoms with Gasteiger partial charge in [-0.1, -0.05) is 23.7 Å². The minimum atomic E-state index is 0.756. The highest BCUT2D eigenvalue weighted by molar-refractivity contribution is 6.30. The summed E-state index contributed by atoms with van der Waals surface area (Å²) in [4.78, 5) is 8.46. The highest BCUT2D eigenvalue weighted by atomic mass is 35.5. The summed E-state index contributed by atoms with van der Waals surface area (Å²) in [6, 6.07) is 7.85. The molecular formula is C14H14ClN5. The fourth-order valence-corrected chi connectivity index (χ4v) is 2.18. The molecule has 20 heavy (non-hydrogen) atoms. The number of fused-ring (bicyclic) bond motifs is 1. The molecule has 3 aromatic rings. The second-order valence-electron chi connectivity index (χ2n) is 4.57. The van der Waals surface area contributed by atoms with Crippen LogP contribution in [0.15, 0.2) is 30.6 Å². The van der Waals surface area contributed by atoms with Crippen LogP contribution in [0.25, 0.3) is 11.0 Å². The molecule has 0 saturated carbocycles. The highest BCUT2D eigenvalue weighted by Crippen LogP contribution is 2.18. The van der Waals surface area contributed by atoms with E-state index in [4.69, 9.17) is 11.6 Å². The maximum Gasteiger partial charge on any atom is 0.157 e. The van der Waals surface area contributed by atoms with Gasteiger partial charge in [-0.3, -0.25) is 5.10 Å². The van der Waals surface area contributed by atoms with Gasteiger partial charge < -0.3 is 5.32 Å². The molecule has 2 N–H and O–H groups in total. The molecule has 102 valence electrons. The van der Waals surface area contributed by atoms with Crippen molar-refractivity contribution in [2.24, 2.45) is 0 Å². The van der Waals surface area contributed by atoms with Gasteiger partial charge in [-0.15, -0.1) is 0 Å². The molecule has 2 aromatic heterocycles. The van der Waals surface area contributed by atoms with Crippen molar-refractivity contribution in [1.29, 1.82) is 0 Å². The van der Waals surface area contributed by atoms with E-state index in [1.807, 2.05) is 31.2 Å². The zero-order valence-corrected chi connectivity index (χ0v) is 11.8. The number of anilines is 1. The molecular weight excluding hydrogens is 274 g/mol. The molecule has 6 heteroatoms. The maximum atomic E-state index is 5.86. The van der Waals surface area contributed by atoms with Crippen molar-refractivity contribution in [2.75, 3.05) is 11.9 Å². The molecule has 0 aliphatic rings. The van der Waals surface area contributed by atoms with Crippen molar-refractivity contribution in [3.63, 3.8) is 0 Å². The fraction of sp³-hybridized carbons (Fsp3) is 0.214. The predicted molar refractivity (Wildman–Crippen MR) is 80.1 cm³/mol. The summed E-state index contributed by atoms with van der Waals surface area (Å²) < 4.78 is 0. The van der Waals surface area contributed by atoms with Gasteiger partial charge in [-0.25, -0.2) is 9.97 Å². The summed E-state index contributed by atoms with van der Waals surface area (Å²) in [7, 11) is 0. The molecule has 0 unspecified atom stereocenters. The Labute approximate surface area is 121 Å². The molecule has 0 bridgehead atoms. The molecule has 2 heterocycles. The number of aromatic amines is 1. The molecule has 1 aromatic carbocycles. The zero-order valence-electron chi connectivity index (χ0n) is 11.0. The Morgan fingerprint density at radius 1 is 1.15 bits per heavy atom. The second-order valence-corrected chi connectivity index (χ2v) is 5.01. The highest BCUT2D eigenvalue weighted by Gasteiger charge is 2.08. The van der Waals surface area contributed by atoms with E-state index in [0.29, 0.717) is 0 Å². The first-order chi connectivity index (χ1) is 9.74. The van der Waals surface area contributed by atoms with E-state index in [1.165, 1.54) is 5.56 Å². The summed E-state index contributed by atoms with van der Waals surface area (Å²) in [6.45, 7) is 2.72. The number of halogens is 1. The SMILES string of the molecule is Cc1[nH]nc2c(NCCc3ccc(Cl)cc3)ncnc12. The smallest absolute Gasteiger partial charge is 0.157 e. The van der Waals surface area contributed by atoms with E-state index in [2.05, 4.69) is 25.5 Å². The summed E-state index contributed by atoms with van der Waals surface area (Å²) >= 11 is 5.86. The molecule has 0 fully saturated rings. The number of hydrogen-bond donors (Lipinski definition) is 2. The molecule has 0 aliphatic heterocycles. The monoisotopic (exact) mass is 287 g/mol. The van der Waals surface area contributed by atoms with E-state index in [9.17, 15) is 0 Å². The third-order valence-corrected chi connectivity index (χ3v) is 3.38. The molecule has 0 spiro atoms. The minimum absolute atomic E-state index is 0.756. The summed E-state index contributed by atoms with van der Waals surface area (Å²) in [6.07, 6.45) is 2.45. The molecule has 3 rings (SSSR count). The van der Waals surface area contributed by atoms with Gasteiger partial charge in [-0.05, 0) is 31.0 Å². The Morgan fingerprint density at radius 2 is 1.95 bits per heavy atom. The number of hydrogen-bond acceptors (Lipinski definition) is 4. The quantitative estimate of drug-likeness (QED) is 0.774. The Morgan fingerprint density at radius 3 is 2.75 bits per heavy atom. The molecule has 0 saturated heterocycles. The van der Waals surface area contributed by atoms with Gasteiger partial charge in [0.2, 0.25) is 0 Å². The Bertz CT molecular complexity index is 720. The summed E-state index contributed by atoms with van der Waals surface area (Å²) in [5.74, 6) is 0.758. The Kier molecular flexibility index (Phi) is 3.52. The lowest BCUT2D eigenvalue weighted by molar-refractivity contribution is 1.00. The second kappa shape index (κ2) is 5.46. The number of nitrogens with one attached hydrogen (secondary N) is 2. The van der Waals surface area contributed by atoms with Gasteiger partial charge in [-0.2, -0.15) is 5.10 Å². The van der Waals surface area contributed by atoms with E-state index in [0.717, 1.165) is 40.5 Å². The van der Waals surface area contributed by atoms with Crippen molar-refractivity contribution >= 4 is 28.5 Å². The number of H-pyrrole nitrogens is 1. The van der Waals surface area contributed by atoms with Crippen LogP contribution in [0.2, 0.25) is 5.02 Å². The van der Waals surface area contributed by atoms with E-state index in [1.54, 1.807) is 6.33 Å². The van der Waals surface area contributed by atoms with Crippen LogP contribution in [0.1, 0.15) is 11.3 Å². The van der Waals surface area contributed by atoms with Crippen LogP contribution in [0.3, 0.4) is 0 Å². The van der Waals surface area contributed by atoms with Crippen LogP contribution in [-0.4, -0.2) is 26.7 Å². The number of aromatic nitrogens is 4. The number of nitrogens with zero attached hydrogens (tertiary/aromatic N) is 3. The largest absolute Gasteiger partial charge is 0.368 e. The van der Waals surface area contributed by atoms with Crippen molar-refractivity contribution in [2.45, 2.75) is 13.3 Å². The predicted octanol–water partition coefficient (Wildman–Crippen LogP) is 2.97. The summed E-state index contributed by atoms with van der Waals surface area (Å²) in [5, 5.41) is 11.2. The number of benzene rings is 1. The lowest BCUT2D eigenvalue weighted by atomic mass is 10.1. The molecule has 0 aliphatic carbocycles. The Hall–Kier alpha value is -2.14. The zero-order chi connectivity index (χ0) is 13.9. The van der Waals surface area contributed by atoms with Gasteiger partial charge in [0.15, 0.2) is 11.3 Å². The van der Waals surface area contributed by atoms with Gasteiger partial charge in [0, 0.05) is 11.6 Å². The van der Waals surface area contributed by atoms with Crippen molar-refractivity contribution in [3.8, 4) is 0 Å². The van der Waals surface area contributed by atoms with Crippen LogP contribution in [0.5, 0.6) is 0 Å². The third kappa shape index (κ3) is 2.58. The fourth-order valence-electron chi connectivity index (χ4n) is 2.06. The van der Waals surface area contributed by atoms with E-state index < -0.39 is 0 Å². The topological polar surface area (TPSA) is 66.5 Å². The van der Waals surface area contributed by atoms with Gasteiger partial charge in [0.1, 0.15) is 11.8 Å². The molecule has 0 amide bonds. The lowest BCUT2D eigenvalue weighted by Crippen LogP contribution is -2.07. The van der Waals surface area contributed by atoms with Crippen LogP contribution < -0.4 is 5.32 Å². The first kappa shape index (κ1) is 12.9. The van der Waals surface area contributed by atoms with E-state index in [-0.39, 0.29) is 0 Å². The van der Waals surface area contributed by atoms with Crippen LogP contribution in [0.4, 0.5) is 5.82 Å². The minimum Gasteiger partial charge on any atom is -0.368 e. The first-order valence-corrected chi connectivity index (χ1v) is 6.76. The van der Waals surface area contributed by atoms with Crippen molar-refractivity contribution in [1.82, 2.24) is 20.2 Å². The van der Waals surface area contributed by atoms with Gasteiger partial charge in [0.05, 0.1) is 5.69 Å². The maximum absolute atomic E-state index is 5.86. The van der Waals surface area contributed by atoms with Gasteiger partial charge in [0.25, 0.3) is 0 Å². The molecule has 5 nitrogen and oxygen atoms in total. The van der Waals surface area contributed by atoms with E-state index >= 15 is 0 Å². The van der Waals surface area contributed by atoms with Crippen molar-refractivity contribution < 1.29 is 0 Å². The third-order valence-electron chi connectivity index (χ3n) is 3.13. The van der Waals surface area contributed by atoms with Crippen LogP contribution in [0, 0.1) is 6.92 Å². The first-order valence-electron chi connectivity index (χ1n) is 6.38.